The van der Waals surface area contributed by atoms with Gasteiger partial charge in [0.1, 0.15) is 0 Å². The van der Waals surface area contributed by atoms with E-state index in [1.807, 2.05) is 12.4 Å². The fourth-order valence-corrected chi connectivity index (χ4v) is 4.62. The lowest BCUT2D eigenvalue weighted by molar-refractivity contribution is 0.430. The number of aromatic nitrogens is 1. The number of nitrogens with two attached hydrogens (primary N) is 1. The summed E-state index contributed by atoms with van der Waals surface area (Å²) in [7, 11) is 0. The third-order valence-electron chi connectivity index (χ3n) is 5.99. The van der Waals surface area contributed by atoms with Crippen molar-refractivity contribution in [1.82, 2.24) is 4.98 Å². The molecule has 1 aromatic heterocycles. The number of anilines is 1. The lowest BCUT2D eigenvalue weighted by Gasteiger charge is -2.36. The average molecular weight is 351 g/mol. The van der Waals surface area contributed by atoms with Crippen molar-refractivity contribution >= 4 is 22.4 Å². The Bertz CT molecular complexity index is 752. The Kier molecular flexibility index (Phi) is 5.37. The minimum Gasteiger partial charge on any atom is -0.369 e. The molecule has 0 unspecified atom stereocenters. The summed E-state index contributed by atoms with van der Waals surface area (Å²) in [6.07, 6.45) is 16.4. The number of guanidine groups is 1. The van der Waals surface area contributed by atoms with Gasteiger partial charge in [0.05, 0.1) is 11.7 Å². The minimum absolute atomic E-state index is 0.395. The minimum atomic E-state index is 0.395. The normalized spacial score (nSPS) is 20.4. The van der Waals surface area contributed by atoms with Gasteiger partial charge in [0.2, 0.25) is 0 Å². The number of aliphatic imine (C=N–C) groups is 1. The molecule has 0 atom stereocenters. The van der Waals surface area contributed by atoms with Gasteiger partial charge < -0.3 is 10.6 Å². The molecule has 2 aliphatic rings. The van der Waals surface area contributed by atoms with Crippen LogP contribution < -0.4 is 10.6 Å². The van der Waals surface area contributed by atoms with E-state index in [4.69, 9.17) is 10.7 Å². The molecule has 2 aliphatic carbocycles. The van der Waals surface area contributed by atoms with Crippen LogP contribution in [0.5, 0.6) is 0 Å². The van der Waals surface area contributed by atoms with Crippen molar-refractivity contribution in [3.05, 3.63) is 36.7 Å². The third kappa shape index (κ3) is 3.69. The van der Waals surface area contributed by atoms with Gasteiger partial charge in [-0.25, -0.2) is 4.99 Å². The summed E-state index contributed by atoms with van der Waals surface area (Å²) >= 11 is 0. The van der Waals surface area contributed by atoms with Crippen LogP contribution in [0.3, 0.4) is 0 Å². The predicted octanol–water partition coefficient (Wildman–Crippen LogP) is 5.02. The number of hydrogen-bond donors (Lipinski definition) is 1. The van der Waals surface area contributed by atoms with Crippen molar-refractivity contribution in [2.24, 2.45) is 10.7 Å². The molecule has 4 heteroatoms. The Hall–Kier alpha value is -2.10. The van der Waals surface area contributed by atoms with Crippen molar-refractivity contribution in [2.75, 3.05) is 4.90 Å². The number of rotatable bonds is 3. The molecule has 2 fully saturated rings. The van der Waals surface area contributed by atoms with E-state index >= 15 is 0 Å². The maximum Gasteiger partial charge on any atom is 0.196 e. The number of fused-ring (bicyclic) bond motifs is 1. The highest BCUT2D eigenvalue weighted by atomic mass is 15.3. The van der Waals surface area contributed by atoms with Crippen molar-refractivity contribution < 1.29 is 0 Å². The molecule has 2 saturated carbocycles. The second kappa shape index (κ2) is 8.07. The highest BCUT2D eigenvalue weighted by Gasteiger charge is 2.26. The van der Waals surface area contributed by atoms with Crippen molar-refractivity contribution in [1.29, 1.82) is 0 Å². The number of hydrogen-bond acceptors (Lipinski definition) is 2. The Morgan fingerprint density at radius 1 is 0.962 bits per heavy atom. The van der Waals surface area contributed by atoms with E-state index in [1.165, 1.54) is 75.3 Å². The van der Waals surface area contributed by atoms with Gasteiger partial charge in [-0.15, -0.1) is 0 Å². The highest BCUT2D eigenvalue weighted by molar-refractivity contribution is 6.04. The Morgan fingerprint density at radius 3 is 2.46 bits per heavy atom. The van der Waals surface area contributed by atoms with Gasteiger partial charge in [0, 0.05) is 29.2 Å². The summed E-state index contributed by atoms with van der Waals surface area (Å²) < 4.78 is 0. The molecule has 0 aliphatic heterocycles. The van der Waals surface area contributed by atoms with Crippen molar-refractivity contribution in [2.45, 2.75) is 76.3 Å². The first-order valence-electron chi connectivity index (χ1n) is 10.3. The van der Waals surface area contributed by atoms with E-state index in [0.29, 0.717) is 18.0 Å². The fourth-order valence-electron chi connectivity index (χ4n) is 4.62. The lowest BCUT2D eigenvalue weighted by Crippen LogP contribution is -2.46. The molecule has 1 aromatic carbocycles. The SMILES string of the molecule is NC(=NC1CCCCC1)N(c1cccc2cnccc12)C1CCCCC1. The van der Waals surface area contributed by atoms with E-state index in [1.54, 1.807) is 0 Å². The van der Waals surface area contributed by atoms with Crippen LogP contribution in [0.4, 0.5) is 5.69 Å². The Morgan fingerprint density at radius 2 is 1.69 bits per heavy atom. The fraction of sp³-hybridized carbons (Fsp3) is 0.545. The van der Waals surface area contributed by atoms with E-state index in [0.717, 1.165) is 5.39 Å². The van der Waals surface area contributed by atoms with E-state index in [2.05, 4.69) is 34.1 Å². The monoisotopic (exact) mass is 350 g/mol. The standard InChI is InChI=1S/C22H30N4/c23-22(25-18-9-3-1-4-10-18)26(19-11-5-2-6-12-19)21-13-7-8-17-16-24-15-14-20(17)21/h7-8,13-16,18-19H,1-6,9-12H2,(H2,23,25). The molecule has 4 nitrogen and oxygen atoms in total. The number of pyridine rings is 1. The third-order valence-corrected chi connectivity index (χ3v) is 5.99. The average Bonchev–Trinajstić information content (AvgIpc) is 2.70. The maximum absolute atomic E-state index is 6.66. The molecule has 2 aromatic rings. The molecular weight excluding hydrogens is 320 g/mol. The first-order valence-corrected chi connectivity index (χ1v) is 10.3. The summed E-state index contributed by atoms with van der Waals surface area (Å²) in [5.41, 5.74) is 7.85. The Balaban J connectivity index is 1.73. The van der Waals surface area contributed by atoms with Gasteiger partial charge in [-0.1, -0.05) is 50.7 Å². The molecule has 0 amide bonds. The van der Waals surface area contributed by atoms with Gasteiger partial charge >= 0.3 is 0 Å². The quantitative estimate of drug-likeness (QED) is 0.624. The molecule has 2 N–H and O–H groups in total. The van der Waals surface area contributed by atoms with Gasteiger partial charge in [0.15, 0.2) is 5.96 Å². The van der Waals surface area contributed by atoms with Crippen LogP contribution in [-0.4, -0.2) is 23.0 Å². The number of benzene rings is 1. The zero-order valence-corrected chi connectivity index (χ0v) is 15.6. The summed E-state index contributed by atoms with van der Waals surface area (Å²) in [6.45, 7) is 0. The van der Waals surface area contributed by atoms with Crippen LogP contribution in [0.1, 0.15) is 64.2 Å². The molecule has 0 saturated heterocycles. The summed E-state index contributed by atoms with van der Waals surface area (Å²) in [6, 6.07) is 9.39. The van der Waals surface area contributed by atoms with E-state index in [9.17, 15) is 0 Å². The zero-order chi connectivity index (χ0) is 17.8. The van der Waals surface area contributed by atoms with E-state index < -0.39 is 0 Å². The van der Waals surface area contributed by atoms with Crippen LogP contribution in [0.2, 0.25) is 0 Å². The summed E-state index contributed by atoms with van der Waals surface area (Å²) in [5, 5.41) is 2.38. The maximum atomic E-state index is 6.66. The molecule has 1 heterocycles. The van der Waals surface area contributed by atoms with Gasteiger partial charge in [-0.3, -0.25) is 4.98 Å². The van der Waals surface area contributed by atoms with Crippen LogP contribution in [-0.2, 0) is 0 Å². The second-order valence-electron chi connectivity index (χ2n) is 7.81. The van der Waals surface area contributed by atoms with Crippen molar-refractivity contribution in [3.63, 3.8) is 0 Å². The molecule has 0 spiro atoms. The topological polar surface area (TPSA) is 54.5 Å². The first kappa shape index (κ1) is 17.3. The summed E-state index contributed by atoms with van der Waals surface area (Å²) in [4.78, 5) is 11.6. The highest BCUT2D eigenvalue weighted by Crippen LogP contribution is 2.32. The lowest BCUT2D eigenvalue weighted by atomic mass is 9.93. The first-order chi connectivity index (χ1) is 12.8. The number of nitrogens with zero attached hydrogens (tertiary/aromatic N) is 3. The molecule has 0 radical (unpaired) electrons. The van der Waals surface area contributed by atoms with Crippen LogP contribution in [0.15, 0.2) is 41.7 Å². The molecule has 0 bridgehead atoms. The smallest absolute Gasteiger partial charge is 0.196 e. The van der Waals surface area contributed by atoms with E-state index in [-0.39, 0.29) is 0 Å². The van der Waals surface area contributed by atoms with Crippen molar-refractivity contribution in [3.8, 4) is 0 Å². The van der Waals surface area contributed by atoms with Gasteiger partial charge in [-0.2, -0.15) is 0 Å². The molecule has 4 rings (SSSR count). The summed E-state index contributed by atoms with van der Waals surface area (Å²) in [5.74, 6) is 0.716. The largest absolute Gasteiger partial charge is 0.369 e. The van der Waals surface area contributed by atoms with Crippen LogP contribution >= 0.6 is 0 Å². The zero-order valence-electron chi connectivity index (χ0n) is 15.6. The van der Waals surface area contributed by atoms with Gasteiger partial charge in [0.25, 0.3) is 0 Å². The predicted molar refractivity (Wildman–Crippen MR) is 110 cm³/mol. The van der Waals surface area contributed by atoms with Gasteiger partial charge in [-0.05, 0) is 37.8 Å². The van der Waals surface area contributed by atoms with Crippen LogP contribution in [0, 0.1) is 0 Å². The second-order valence-corrected chi connectivity index (χ2v) is 7.81. The van der Waals surface area contributed by atoms with Crippen LogP contribution in [0.25, 0.3) is 10.8 Å². The Labute approximate surface area is 156 Å². The molecular formula is C22H30N4. The molecule has 26 heavy (non-hydrogen) atoms. The molecule has 138 valence electrons.